The Morgan fingerprint density at radius 2 is 1.82 bits per heavy atom. The molecule has 0 saturated carbocycles. The first kappa shape index (κ1) is 14.0. The molecule has 1 aromatic rings. The Morgan fingerprint density at radius 3 is 2.47 bits per heavy atom. The van der Waals surface area contributed by atoms with Gasteiger partial charge < -0.3 is 5.32 Å². The van der Waals surface area contributed by atoms with Crippen molar-refractivity contribution < 1.29 is 13.2 Å². The lowest BCUT2D eigenvalue weighted by molar-refractivity contribution is 0.434. The molecule has 17 heavy (non-hydrogen) atoms. The Hall–Kier alpha value is -1.03. The van der Waals surface area contributed by atoms with Crippen LogP contribution in [0.4, 0.5) is 13.2 Å². The van der Waals surface area contributed by atoms with Crippen LogP contribution in [-0.4, -0.2) is 13.1 Å². The molecule has 1 N–H and O–H groups in total. The SMILES string of the molecule is CCCNCCC(C)c1ccc(F)c(F)c1F. The number of hydrogen-bond acceptors (Lipinski definition) is 1. The van der Waals surface area contributed by atoms with E-state index in [-0.39, 0.29) is 11.5 Å². The minimum absolute atomic E-state index is 0.130. The van der Waals surface area contributed by atoms with Crippen LogP contribution in [0.2, 0.25) is 0 Å². The van der Waals surface area contributed by atoms with Crippen LogP contribution in [0.15, 0.2) is 12.1 Å². The molecule has 1 atom stereocenters. The van der Waals surface area contributed by atoms with E-state index >= 15 is 0 Å². The number of halogens is 3. The summed E-state index contributed by atoms with van der Waals surface area (Å²) in [5.74, 6) is -3.71. The third-order valence-electron chi connectivity index (χ3n) is 2.78. The minimum Gasteiger partial charge on any atom is -0.317 e. The molecule has 0 aliphatic heterocycles. The molecule has 96 valence electrons. The predicted octanol–water partition coefficient (Wildman–Crippen LogP) is 3.60. The van der Waals surface area contributed by atoms with E-state index in [1.54, 1.807) is 0 Å². The van der Waals surface area contributed by atoms with Crippen molar-refractivity contribution in [3.63, 3.8) is 0 Å². The van der Waals surface area contributed by atoms with Crippen molar-refractivity contribution in [2.24, 2.45) is 0 Å². The summed E-state index contributed by atoms with van der Waals surface area (Å²) in [6, 6.07) is 2.29. The molecule has 0 spiro atoms. The molecular weight excluding hydrogens is 227 g/mol. The molecule has 1 rings (SSSR count). The summed E-state index contributed by atoms with van der Waals surface area (Å²) in [5, 5.41) is 3.19. The maximum atomic E-state index is 13.5. The molecular formula is C13H18F3N. The van der Waals surface area contributed by atoms with Crippen LogP contribution in [0, 0.1) is 17.5 Å². The van der Waals surface area contributed by atoms with Crippen LogP contribution in [0.25, 0.3) is 0 Å². The standard InChI is InChI=1S/C13H18F3N/c1-3-7-17-8-6-9(2)10-4-5-11(14)13(16)12(10)15/h4-5,9,17H,3,6-8H2,1-2H3. The lowest BCUT2D eigenvalue weighted by Gasteiger charge is -2.13. The summed E-state index contributed by atoms with van der Waals surface area (Å²) in [5.41, 5.74) is 0.238. The van der Waals surface area contributed by atoms with Gasteiger partial charge in [0.05, 0.1) is 0 Å². The van der Waals surface area contributed by atoms with Gasteiger partial charge in [-0.1, -0.05) is 19.9 Å². The Labute approximate surface area is 100 Å². The normalized spacial score (nSPS) is 12.8. The van der Waals surface area contributed by atoms with Crippen LogP contribution in [0.3, 0.4) is 0 Å². The molecule has 4 heteroatoms. The van der Waals surface area contributed by atoms with Crippen LogP contribution in [-0.2, 0) is 0 Å². The molecule has 0 saturated heterocycles. The molecule has 0 radical (unpaired) electrons. The van der Waals surface area contributed by atoms with Gasteiger partial charge in [-0.2, -0.15) is 0 Å². The van der Waals surface area contributed by atoms with E-state index in [9.17, 15) is 13.2 Å². The van der Waals surface area contributed by atoms with Gasteiger partial charge in [0, 0.05) is 0 Å². The molecule has 0 amide bonds. The lowest BCUT2D eigenvalue weighted by atomic mass is 9.97. The maximum absolute atomic E-state index is 13.5. The quantitative estimate of drug-likeness (QED) is 0.596. The first-order valence-electron chi connectivity index (χ1n) is 5.92. The van der Waals surface area contributed by atoms with Crippen molar-refractivity contribution in [1.29, 1.82) is 0 Å². The molecule has 0 aromatic heterocycles. The van der Waals surface area contributed by atoms with E-state index in [1.807, 2.05) is 6.92 Å². The van der Waals surface area contributed by atoms with Gasteiger partial charge in [-0.15, -0.1) is 0 Å². The van der Waals surface area contributed by atoms with Gasteiger partial charge in [0.2, 0.25) is 0 Å². The molecule has 0 aliphatic rings. The van der Waals surface area contributed by atoms with Gasteiger partial charge in [-0.3, -0.25) is 0 Å². The summed E-state index contributed by atoms with van der Waals surface area (Å²) >= 11 is 0. The highest BCUT2D eigenvalue weighted by molar-refractivity contribution is 5.23. The van der Waals surface area contributed by atoms with Crippen molar-refractivity contribution in [3.8, 4) is 0 Å². The van der Waals surface area contributed by atoms with Gasteiger partial charge in [-0.25, -0.2) is 13.2 Å². The Kier molecular flexibility index (Phi) is 5.48. The zero-order chi connectivity index (χ0) is 12.8. The third kappa shape index (κ3) is 3.73. The van der Waals surface area contributed by atoms with E-state index in [0.29, 0.717) is 6.42 Å². The molecule has 1 aromatic carbocycles. The Morgan fingerprint density at radius 1 is 1.12 bits per heavy atom. The van der Waals surface area contributed by atoms with Crippen molar-refractivity contribution in [2.75, 3.05) is 13.1 Å². The van der Waals surface area contributed by atoms with Crippen molar-refractivity contribution >= 4 is 0 Å². The number of rotatable bonds is 6. The largest absolute Gasteiger partial charge is 0.317 e. The van der Waals surface area contributed by atoms with Crippen molar-refractivity contribution in [3.05, 3.63) is 35.1 Å². The fourth-order valence-corrected chi connectivity index (χ4v) is 1.70. The van der Waals surface area contributed by atoms with Gasteiger partial charge >= 0.3 is 0 Å². The van der Waals surface area contributed by atoms with Crippen LogP contribution >= 0.6 is 0 Å². The van der Waals surface area contributed by atoms with Gasteiger partial charge in [0.1, 0.15) is 0 Å². The monoisotopic (exact) mass is 245 g/mol. The molecule has 0 aliphatic carbocycles. The van der Waals surface area contributed by atoms with Gasteiger partial charge in [0.25, 0.3) is 0 Å². The first-order valence-corrected chi connectivity index (χ1v) is 5.92. The van der Waals surface area contributed by atoms with Crippen molar-refractivity contribution in [1.82, 2.24) is 5.32 Å². The second-order valence-corrected chi connectivity index (χ2v) is 4.20. The molecule has 0 heterocycles. The summed E-state index contributed by atoms with van der Waals surface area (Å²) in [6.45, 7) is 5.52. The fraction of sp³-hybridized carbons (Fsp3) is 0.538. The first-order chi connectivity index (χ1) is 8.07. The molecule has 0 bridgehead atoms. The van der Waals surface area contributed by atoms with Crippen molar-refractivity contribution in [2.45, 2.75) is 32.6 Å². The Bertz CT molecular complexity index is 366. The summed E-state index contributed by atoms with van der Waals surface area (Å²) in [6.07, 6.45) is 1.73. The van der Waals surface area contributed by atoms with Crippen LogP contribution in [0.5, 0.6) is 0 Å². The third-order valence-corrected chi connectivity index (χ3v) is 2.78. The maximum Gasteiger partial charge on any atom is 0.194 e. The second-order valence-electron chi connectivity index (χ2n) is 4.20. The predicted molar refractivity (Wildman–Crippen MR) is 62.5 cm³/mol. The van der Waals surface area contributed by atoms with E-state index in [2.05, 4.69) is 12.2 Å². The fourth-order valence-electron chi connectivity index (χ4n) is 1.70. The van der Waals surface area contributed by atoms with Gasteiger partial charge in [0.15, 0.2) is 17.5 Å². The summed E-state index contributed by atoms with van der Waals surface area (Å²) < 4.78 is 39.2. The highest BCUT2D eigenvalue weighted by atomic mass is 19.2. The topological polar surface area (TPSA) is 12.0 Å². The highest BCUT2D eigenvalue weighted by Crippen LogP contribution is 2.24. The zero-order valence-corrected chi connectivity index (χ0v) is 10.2. The smallest absolute Gasteiger partial charge is 0.194 e. The number of hydrogen-bond donors (Lipinski definition) is 1. The highest BCUT2D eigenvalue weighted by Gasteiger charge is 2.17. The van der Waals surface area contributed by atoms with E-state index in [4.69, 9.17) is 0 Å². The lowest BCUT2D eigenvalue weighted by Crippen LogP contribution is -2.18. The average molecular weight is 245 g/mol. The van der Waals surface area contributed by atoms with E-state index in [0.717, 1.165) is 25.6 Å². The van der Waals surface area contributed by atoms with Crippen LogP contribution < -0.4 is 5.32 Å². The second kappa shape index (κ2) is 6.64. The number of nitrogens with one attached hydrogen (secondary N) is 1. The van der Waals surface area contributed by atoms with E-state index in [1.165, 1.54) is 6.07 Å². The average Bonchev–Trinajstić information content (AvgIpc) is 2.31. The molecule has 1 nitrogen and oxygen atoms in total. The number of benzene rings is 1. The zero-order valence-electron chi connectivity index (χ0n) is 10.2. The molecule has 0 fully saturated rings. The van der Waals surface area contributed by atoms with E-state index < -0.39 is 17.5 Å². The Balaban J connectivity index is 2.63. The molecule has 1 unspecified atom stereocenters. The van der Waals surface area contributed by atoms with Gasteiger partial charge in [-0.05, 0) is 43.5 Å². The van der Waals surface area contributed by atoms with Crippen LogP contribution in [0.1, 0.15) is 38.2 Å². The summed E-state index contributed by atoms with van der Waals surface area (Å²) in [4.78, 5) is 0. The minimum atomic E-state index is -1.38. The summed E-state index contributed by atoms with van der Waals surface area (Å²) in [7, 11) is 0.